The Balaban J connectivity index is 2.38. The molecule has 1 unspecified atom stereocenters. The molecule has 0 saturated carbocycles. The van der Waals surface area contributed by atoms with Crippen LogP contribution in [0.2, 0.25) is 0 Å². The lowest BCUT2D eigenvalue weighted by atomic mass is 10.0. The Morgan fingerprint density at radius 1 is 1.33 bits per heavy atom. The van der Waals surface area contributed by atoms with Crippen LogP contribution in [0.25, 0.3) is 0 Å². The fourth-order valence-corrected chi connectivity index (χ4v) is 1.45. The molecule has 1 atom stereocenters. The molecule has 1 aromatic carbocycles. The molecule has 0 aliphatic carbocycles. The van der Waals surface area contributed by atoms with E-state index in [2.05, 4.69) is 0 Å². The lowest BCUT2D eigenvalue weighted by Crippen LogP contribution is -2.01. The molecule has 2 rings (SSSR count). The number of rotatable bonds is 2. The van der Waals surface area contributed by atoms with E-state index in [0.29, 0.717) is 5.76 Å². The van der Waals surface area contributed by atoms with Crippen molar-refractivity contribution < 1.29 is 13.9 Å². The smallest absolute Gasteiger partial charge is 0.139 e. The summed E-state index contributed by atoms with van der Waals surface area (Å²) in [5.74, 6) is -0.0725. The SMILES string of the molecule is Cc1ccc(C(O)c2ccco2)c(F)c1. The van der Waals surface area contributed by atoms with Crippen molar-refractivity contribution in [3.8, 4) is 0 Å². The summed E-state index contributed by atoms with van der Waals surface area (Å²) in [5.41, 5.74) is 1.05. The summed E-state index contributed by atoms with van der Waals surface area (Å²) in [6.45, 7) is 1.80. The van der Waals surface area contributed by atoms with Crippen molar-refractivity contribution in [1.29, 1.82) is 0 Å². The fraction of sp³-hybridized carbons (Fsp3) is 0.167. The van der Waals surface area contributed by atoms with Crippen LogP contribution in [-0.4, -0.2) is 5.11 Å². The molecule has 0 bridgehead atoms. The van der Waals surface area contributed by atoms with Crippen LogP contribution < -0.4 is 0 Å². The van der Waals surface area contributed by atoms with Gasteiger partial charge in [0.15, 0.2) is 0 Å². The number of aliphatic hydroxyl groups is 1. The monoisotopic (exact) mass is 206 g/mol. The van der Waals surface area contributed by atoms with Crippen LogP contribution in [0.15, 0.2) is 41.0 Å². The Labute approximate surface area is 87.0 Å². The third-order valence-electron chi connectivity index (χ3n) is 2.26. The normalized spacial score (nSPS) is 12.7. The number of aliphatic hydroxyl groups excluding tert-OH is 1. The van der Waals surface area contributed by atoms with Crippen molar-refractivity contribution in [1.82, 2.24) is 0 Å². The van der Waals surface area contributed by atoms with E-state index in [9.17, 15) is 9.50 Å². The average Bonchev–Trinajstić information content (AvgIpc) is 2.69. The van der Waals surface area contributed by atoms with Crippen LogP contribution in [0.4, 0.5) is 4.39 Å². The number of aryl methyl sites for hydroxylation is 1. The Bertz CT molecular complexity index is 449. The first-order chi connectivity index (χ1) is 7.18. The van der Waals surface area contributed by atoms with Gasteiger partial charge >= 0.3 is 0 Å². The molecule has 0 fully saturated rings. The molecule has 0 spiro atoms. The van der Waals surface area contributed by atoms with E-state index in [4.69, 9.17) is 4.42 Å². The molecule has 0 aliphatic rings. The second-order valence-electron chi connectivity index (χ2n) is 3.44. The minimum absolute atomic E-state index is 0.232. The maximum atomic E-state index is 13.5. The Morgan fingerprint density at radius 2 is 2.13 bits per heavy atom. The third kappa shape index (κ3) is 1.92. The quantitative estimate of drug-likeness (QED) is 0.819. The van der Waals surface area contributed by atoms with E-state index in [1.54, 1.807) is 31.2 Å². The predicted octanol–water partition coefficient (Wildman–Crippen LogP) is 2.81. The molecule has 15 heavy (non-hydrogen) atoms. The standard InChI is InChI=1S/C12H11FO2/c1-8-4-5-9(10(13)7-8)12(14)11-3-2-6-15-11/h2-7,12,14H,1H3. The average molecular weight is 206 g/mol. The van der Waals surface area contributed by atoms with Crippen LogP contribution in [-0.2, 0) is 0 Å². The van der Waals surface area contributed by atoms with E-state index < -0.39 is 11.9 Å². The topological polar surface area (TPSA) is 33.4 Å². The van der Waals surface area contributed by atoms with Gasteiger partial charge in [-0.3, -0.25) is 0 Å². The lowest BCUT2D eigenvalue weighted by Gasteiger charge is -2.09. The summed E-state index contributed by atoms with van der Waals surface area (Å²) < 4.78 is 18.5. The molecular weight excluding hydrogens is 195 g/mol. The van der Waals surface area contributed by atoms with Crippen molar-refractivity contribution >= 4 is 0 Å². The van der Waals surface area contributed by atoms with Gasteiger partial charge in [-0.15, -0.1) is 0 Å². The Kier molecular flexibility index (Phi) is 2.56. The van der Waals surface area contributed by atoms with Gasteiger partial charge in [0.1, 0.15) is 17.7 Å². The third-order valence-corrected chi connectivity index (χ3v) is 2.26. The fourth-order valence-electron chi connectivity index (χ4n) is 1.45. The van der Waals surface area contributed by atoms with Gasteiger partial charge in [0.2, 0.25) is 0 Å². The van der Waals surface area contributed by atoms with Gasteiger partial charge in [0.25, 0.3) is 0 Å². The summed E-state index contributed by atoms with van der Waals surface area (Å²) in [7, 11) is 0. The number of halogens is 1. The molecule has 0 radical (unpaired) electrons. The molecule has 1 aromatic heterocycles. The number of hydrogen-bond donors (Lipinski definition) is 1. The van der Waals surface area contributed by atoms with Gasteiger partial charge in [-0.2, -0.15) is 0 Å². The van der Waals surface area contributed by atoms with Gasteiger partial charge in [-0.1, -0.05) is 12.1 Å². The molecule has 2 nitrogen and oxygen atoms in total. The zero-order chi connectivity index (χ0) is 10.8. The van der Waals surface area contributed by atoms with Gasteiger partial charge in [-0.25, -0.2) is 4.39 Å². The van der Waals surface area contributed by atoms with E-state index in [1.165, 1.54) is 12.3 Å². The van der Waals surface area contributed by atoms with E-state index >= 15 is 0 Å². The van der Waals surface area contributed by atoms with E-state index in [1.807, 2.05) is 0 Å². The van der Waals surface area contributed by atoms with Crippen LogP contribution in [0.1, 0.15) is 23.0 Å². The number of hydrogen-bond acceptors (Lipinski definition) is 2. The molecule has 0 amide bonds. The highest BCUT2D eigenvalue weighted by atomic mass is 19.1. The van der Waals surface area contributed by atoms with Crippen molar-refractivity contribution in [2.45, 2.75) is 13.0 Å². The molecular formula is C12H11FO2. The second kappa shape index (κ2) is 3.87. The maximum Gasteiger partial charge on any atom is 0.139 e. The zero-order valence-electron chi connectivity index (χ0n) is 8.27. The molecule has 78 valence electrons. The first-order valence-corrected chi connectivity index (χ1v) is 4.66. The highest BCUT2D eigenvalue weighted by Crippen LogP contribution is 2.24. The van der Waals surface area contributed by atoms with Gasteiger partial charge in [0, 0.05) is 5.56 Å². The largest absolute Gasteiger partial charge is 0.466 e. The molecule has 1 N–H and O–H groups in total. The minimum atomic E-state index is -1.04. The summed E-state index contributed by atoms with van der Waals surface area (Å²) >= 11 is 0. The van der Waals surface area contributed by atoms with Gasteiger partial charge in [-0.05, 0) is 30.7 Å². The predicted molar refractivity (Wildman–Crippen MR) is 53.9 cm³/mol. The summed E-state index contributed by atoms with van der Waals surface area (Å²) in [6, 6.07) is 7.98. The molecule has 3 heteroatoms. The van der Waals surface area contributed by atoms with E-state index in [0.717, 1.165) is 5.56 Å². The van der Waals surface area contributed by atoms with Crippen LogP contribution in [0, 0.1) is 12.7 Å². The first kappa shape index (κ1) is 9.93. The first-order valence-electron chi connectivity index (χ1n) is 4.66. The number of furan rings is 1. The second-order valence-corrected chi connectivity index (χ2v) is 3.44. The van der Waals surface area contributed by atoms with Crippen LogP contribution in [0.5, 0.6) is 0 Å². The lowest BCUT2D eigenvalue weighted by molar-refractivity contribution is 0.184. The van der Waals surface area contributed by atoms with Crippen molar-refractivity contribution in [2.75, 3.05) is 0 Å². The van der Waals surface area contributed by atoms with Crippen LogP contribution in [0.3, 0.4) is 0 Å². The maximum absolute atomic E-state index is 13.5. The summed E-state index contributed by atoms with van der Waals surface area (Å²) in [5, 5.41) is 9.82. The van der Waals surface area contributed by atoms with Gasteiger partial charge < -0.3 is 9.52 Å². The van der Waals surface area contributed by atoms with Crippen LogP contribution >= 0.6 is 0 Å². The summed E-state index contributed by atoms with van der Waals surface area (Å²) in [6.07, 6.45) is 0.408. The highest BCUT2D eigenvalue weighted by molar-refractivity contribution is 5.29. The molecule has 1 heterocycles. The van der Waals surface area contributed by atoms with Crippen molar-refractivity contribution in [3.05, 3.63) is 59.3 Å². The molecule has 2 aromatic rings. The van der Waals surface area contributed by atoms with E-state index in [-0.39, 0.29) is 5.56 Å². The molecule has 0 aliphatic heterocycles. The summed E-state index contributed by atoms with van der Waals surface area (Å²) in [4.78, 5) is 0. The van der Waals surface area contributed by atoms with Crippen molar-refractivity contribution in [3.63, 3.8) is 0 Å². The molecule has 0 saturated heterocycles. The van der Waals surface area contributed by atoms with Gasteiger partial charge in [0.05, 0.1) is 6.26 Å². The zero-order valence-corrected chi connectivity index (χ0v) is 8.27. The van der Waals surface area contributed by atoms with Crippen molar-refractivity contribution in [2.24, 2.45) is 0 Å². The minimum Gasteiger partial charge on any atom is -0.466 e. The Hall–Kier alpha value is -1.61. The Morgan fingerprint density at radius 3 is 2.73 bits per heavy atom. The highest BCUT2D eigenvalue weighted by Gasteiger charge is 2.16. The number of benzene rings is 1.